The minimum absolute atomic E-state index is 0.0182. The zero-order chi connectivity index (χ0) is 20.1. The van der Waals surface area contributed by atoms with Crippen LogP contribution in [-0.2, 0) is 0 Å². The maximum Gasteiger partial charge on any atom is 0.260 e. The molecule has 1 saturated carbocycles. The molecule has 0 bridgehead atoms. The molecule has 28 heavy (non-hydrogen) atoms. The van der Waals surface area contributed by atoms with Crippen molar-refractivity contribution in [1.29, 1.82) is 0 Å². The van der Waals surface area contributed by atoms with Crippen LogP contribution in [0.25, 0.3) is 21.5 Å². The van der Waals surface area contributed by atoms with Gasteiger partial charge in [-0.05, 0) is 31.4 Å². The molecule has 146 valence electrons. The highest BCUT2D eigenvalue weighted by molar-refractivity contribution is 7.21. The predicted molar refractivity (Wildman–Crippen MR) is 113 cm³/mol. The fraction of sp³-hybridized carbons (Fsp3) is 0.278. The highest BCUT2D eigenvalue weighted by Gasteiger charge is 2.37. The van der Waals surface area contributed by atoms with E-state index in [0.29, 0.717) is 37.5 Å². The van der Waals surface area contributed by atoms with Crippen molar-refractivity contribution < 1.29 is 9.90 Å². The van der Waals surface area contributed by atoms with Gasteiger partial charge in [0.15, 0.2) is 0 Å². The summed E-state index contributed by atoms with van der Waals surface area (Å²) in [4.78, 5) is 21.7. The van der Waals surface area contributed by atoms with Gasteiger partial charge in [-0.3, -0.25) is 4.79 Å². The number of nitrogen functional groups attached to an aromatic ring is 1. The number of hydrogen-bond donors (Lipinski definition) is 4. The van der Waals surface area contributed by atoms with Crippen molar-refractivity contribution in [2.45, 2.75) is 24.8 Å². The van der Waals surface area contributed by atoms with E-state index in [9.17, 15) is 9.90 Å². The molecule has 0 aliphatic heterocycles. The number of rotatable bonds is 5. The van der Waals surface area contributed by atoms with Crippen LogP contribution in [0.2, 0.25) is 10.0 Å². The van der Waals surface area contributed by atoms with Crippen LogP contribution in [0.3, 0.4) is 0 Å². The van der Waals surface area contributed by atoms with E-state index in [-0.39, 0.29) is 17.2 Å². The molecule has 0 unspecified atom stereocenters. The van der Waals surface area contributed by atoms with Gasteiger partial charge in [-0.2, -0.15) is 0 Å². The highest BCUT2D eigenvalue weighted by atomic mass is 35.5. The lowest BCUT2D eigenvalue weighted by Crippen LogP contribution is -2.48. The number of carbonyl (C=O) groups is 1. The lowest BCUT2D eigenvalue weighted by molar-refractivity contribution is 0.100. The Hall–Kier alpha value is -2.13. The fourth-order valence-corrected chi connectivity index (χ4v) is 4.52. The number of primary amides is 1. The second-order valence-electron chi connectivity index (χ2n) is 6.83. The van der Waals surface area contributed by atoms with Crippen molar-refractivity contribution in [3.63, 3.8) is 0 Å². The number of nitrogens with one attached hydrogen (secondary N) is 1. The lowest BCUT2D eigenvalue weighted by atomic mass is 9.77. The Kier molecular flexibility index (Phi) is 4.83. The number of nitrogens with two attached hydrogens (primary N) is 2. The number of hydrogen-bond acceptors (Lipinski definition) is 7. The van der Waals surface area contributed by atoms with Crippen LogP contribution < -0.4 is 16.8 Å². The molecule has 3 aromatic rings. The average Bonchev–Trinajstić information content (AvgIpc) is 2.97. The van der Waals surface area contributed by atoms with Crippen LogP contribution in [-0.4, -0.2) is 33.1 Å². The summed E-state index contributed by atoms with van der Waals surface area (Å²) in [7, 11) is 0. The molecule has 1 aliphatic carbocycles. The third-order valence-electron chi connectivity index (χ3n) is 5.00. The molecule has 0 radical (unpaired) electrons. The molecule has 1 amide bonds. The third-order valence-corrected chi connectivity index (χ3v) is 6.85. The number of benzene rings is 1. The minimum atomic E-state index is -0.624. The molecule has 4 rings (SSSR count). The number of fused-ring (bicyclic) bond motifs is 1. The maximum atomic E-state index is 11.8. The number of thiophene rings is 1. The Bertz CT molecular complexity index is 1090. The Morgan fingerprint density at radius 2 is 2.04 bits per heavy atom. The molecule has 0 atom stereocenters. The van der Waals surface area contributed by atoms with Gasteiger partial charge in [0, 0.05) is 5.56 Å². The second-order valence-corrected chi connectivity index (χ2v) is 8.64. The van der Waals surface area contributed by atoms with E-state index >= 15 is 0 Å². The Morgan fingerprint density at radius 3 is 2.61 bits per heavy atom. The first-order chi connectivity index (χ1) is 13.3. The van der Waals surface area contributed by atoms with Crippen LogP contribution in [0.4, 0.5) is 11.6 Å². The number of aliphatic hydroxyl groups is 1. The van der Waals surface area contributed by atoms with Crippen LogP contribution in [0.1, 0.15) is 28.9 Å². The van der Waals surface area contributed by atoms with E-state index in [2.05, 4.69) is 15.3 Å². The fourth-order valence-electron chi connectivity index (χ4n) is 3.28. The molecule has 7 nitrogen and oxygen atoms in total. The summed E-state index contributed by atoms with van der Waals surface area (Å²) in [5.74, 6) is -0.277. The molecule has 2 heterocycles. The van der Waals surface area contributed by atoms with Crippen LogP contribution in [0, 0.1) is 0 Å². The summed E-state index contributed by atoms with van der Waals surface area (Å²) in [5.41, 5.74) is 12.7. The number of halogens is 2. The van der Waals surface area contributed by atoms with E-state index < -0.39 is 11.4 Å². The molecule has 10 heteroatoms. The number of amides is 1. The van der Waals surface area contributed by atoms with Gasteiger partial charge in [-0.15, -0.1) is 11.3 Å². The molecule has 6 N–H and O–H groups in total. The molecule has 0 saturated heterocycles. The van der Waals surface area contributed by atoms with Gasteiger partial charge < -0.3 is 21.9 Å². The summed E-state index contributed by atoms with van der Waals surface area (Å²) in [6, 6.07) is 5.12. The SMILES string of the molecule is NC(=O)c1sc2nc(NC3(CO)CCC3)nc(-c3ccc(Cl)c(Cl)c3)c2c1N. The van der Waals surface area contributed by atoms with Crippen molar-refractivity contribution in [2.75, 3.05) is 17.7 Å². The van der Waals surface area contributed by atoms with Crippen molar-refractivity contribution >= 4 is 62.3 Å². The van der Waals surface area contributed by atoms with E-state index in [4.69, 9.17) is 34.7 Å². The third kappa shape index (κ3) is 3.16. The molecule has 0 spiro atoms. The van der Waals surface area contributed by atoms with Crippen molar-refractivity contribution in [2.24, 2.45) is 5.73 Å². The molecular formula is C18H17Cl2N5O2S. The van der Waals surface area contributed by atoms with Gasteiger partial charge in [-0.1, -0.05) is 29.3 Å². The van der Waals surface area contributed by atoms with Gasteiger partial charge in [0.1, 0.15) is 9.71 Å². The first kappa shape index (κ1) is 19.2. The number of aromatic nitrogens is 2. The summed E-state index contributed by atoms with van der Waals surface area (Å²) < 4.78 is 0. The second kappa shape index (κ2) is 7.04. The maximum absolute atomic E-state index is 11.8. The highest BCUT2D eigenvalue weighted by Crippen LogP contribution is 2.41. The Balaban J connectivity index is 1.93. The quantitative estimate of drug-likeness (QED) is 0.481. The number of anilines is 2. The van der Waals surface area contributed by atoms with Crippen molar-refractivity contribution in [3.05, 3.63) is 33.1 Å². The van der Waals surface area contributed by atoms with Gasteiger partial charge in [0.2, 0.25) is 5.95 Å². The molecule has 1 aromatic carbocycles. The van der Waals surface area contributed by atoms with Gasteiger partial charge in [-0.25, -0.2) is 9.97 Å². The lowest BCUT2D eigenvalue weighted by Gasteiger charge is -2.40. The van der Waals surface area contributed by atoms with E-state index in [1.54, 1.807) is 18.2 Å². The summed E-state index contributed by atoms with van der Waals surface area (Å²) >= 11 is 13.3. The summed E-state index contributed by atoms with van der Waals surface area (Å²) in [6.07, 6.45) is 2.67. The first-order valence-corrected chi connectivity index (χ1v) is 10.1. The van der Waals surface area contributed by atoms with E-state index in [0.717, 1.165) is 30.6 Å². The monoisotopic (exact) mass is 437 g/mol. The Labute approximate surface area is 174 Å². The minimum Gasteiger partial charge on any atom is -0.397 e. The molecular weight excluding hydrogens is 421 g/mol. The zero-order valence-corrected chi connectivity index (χ0v) is 17.0. The predicted octanol–water partition coefficient (Wildman–Crippen LogP) is 3.67. The van der Waals surface area contributed by atoms with Crippen LogP contribution >= 0.6 is 34.5 Å². The largest absolute Gasteiger partial charge is 0.397 e. The Morgan fingerprint density at radius 1 is 1.29 bits per heavy atom. The van der Waals surface area contributed by atoms with E-state index in [1.807, 2.05) is 0 Å². The zero-order valence-electron chi connectivity index (χ0n) is 14.6. The average molecular weight is 438 g/mol. The van der Waals surface area contributed by atoms with Gasteiger partial charge in [0.05, 0.1) is 39.0 Å². The van der Waals surface area contributed by atoms with Crippen LogP contribution in [0.15, 0.2) is 18.2 Å². The van der Waals surface area contributed by atoms with Crippen molar-refractivity contribution in [3.8, 4) is 11.3 Å². The van der Waals surface area contributed by atoms with Crippen molar-refractivity contribution in [1.82, 2.24) is 9.97 Å². The van der Waals surface area contributed by atoms with Crippen LogP contribution in [0.5, 0.6) is 0 Å². The number of carbonyl (C=O) groups excluding carboxylic acids is 1. The van der Waals surface area contributed by atoms with Gasteiger partial charge in [0.25, 0.3) is 5.91 Å². The molecule has 1 aliphatic rings. The number of aliphatic hydroxyl groups excluding tert-OH is 1. The molecule has 1 fully saturated rings. The first-order valence-electron chi connectivity index (χ1n) is 8.58. The summed E-state index contributed by atoms with van der Waals surface area (Å²) in [5, 5.41) is 14.3. The molecule has 2 aromatic heterocycles. The summed E-state index contributed by atoms with van der Waals surface area (Å²) in [6.45, 7) is -0.0182. The smallest absolute Gasteiger partial charge is 0.260 e. The standard InChI is InChI=1S/C18H17Cl2N5O2S/c19-9-3-2-8(6-10(9)20)13-11-12(21)14(15(22)27)28-16(11)24-17(23-13)25-18(7-26)4-1-5-18/h2-3,6,26H,1,4-5,7,21H2,(H2,22,27)(H,23,24,25). The van der Waals surface area contributed by atoms with Gasteiger partial charge >= 0.3 is 0 Å². The van der Waals surface area contributed by atoms with E-state index in [1.165, 1.54) is 0 Å². The number of nitrogens with zero attached hydrogens (tertiary/aromatic N) is 2. The normalized spacial score (nSPS) is 15.4. The topological polar surface area (TPSA) is 127 Å².